The summed E-state index contributed by atoms with van der Waals surface area (Å²) in [5.41, 5.74) is 3.53. The van der Waals surface area contributed by atoms with Crippen molar-refractivity contribution in [3.05, 3.63) is 24.0 Å². The van der Waals surface area contributed by atoms with Crippen molar-refractivity contribution in [1.29, 1.82) is 0 Å². The molecule has 0 radical (unpaired) electrons. The maximum atomic E-state index is 4.63. The Labute approximate surface area is 114 Å². The number of anilines is 1. The molecule has 2 aromatic rings. The minimum absolute atomic E-state index is 0.444. The van der Waals surface area contributed by atoms with E-state index in [2.05, 4.69) is 58.9 Å². The Bertz CT molecular complexity index is 565. The third-order valence-electron chi connectivity index (χ3n) is 3.90. The number of benzene rings is 1. The highest BCUT2D eigenvalue weighted by Crippen LogP contribution is 2.23. The van der Waals surface area contributed by atoms with E-state index in [0.717, 1.165) is 43.0 Å². The van der Waals surface area contributed by atoms with Gasteiger partial charge in [-0.25, -0.2) is 4.98 Å². The first-order valence-corrected chi connectivity index (χ1v) is 7.06. The number of fused-ring (bicyclic) bond motifs is 1. The van der Waals surface area contributed by atoms with E-state index in [1.807, 2.05) is 0 Å². The van der Waals surface area contributed by atoms with Crippen molar-refractivity contribution in [2.45, 2.75) is 19.8 Å². The number of piperazine rings is 1. The van der Waals surface area contributed by atoms with E-state index in [1.54, 1.807) is 0 Å². The first-order valence-electron chi connectivity index (χ1n) is 7.06. The van der Waals surface area contributed by atoms with E-state index in [-0.39, 0.29) is 0 Å². The third kappa shape index (κ3) is 2.45. The molecule has 0 bridgehead atoms. The number of nitrogens with one attached hydrogen (secondary N) is 1. The quantitative estimate of drug-likeness (QED) is 0.898. The normalized spacial score (nSPS) is 17.6. The molecule has 0 aliphatic carbocycles. The van der Waals surface area contributed by atoms with Crippen molar-refractivity contribution < 1.29 is 0 Å². The summed E-state index contributed by atoms with van der Waals surface area (Å²) in [6.45, 7) is 8.81. The fraction of sp³-hybridized carbons (Fsp3) is 0.533. The fourth-order valence-corrected chi connectivity index (χ4v) is 2.55. The standard InChI is InChI=1S/C15H22N4/c1-11(2)15-16-13-5-4-12(10-14(13)17-15)19-8-6-18(3)7-9-19/h4-5,10-11H,6-9H2,1-3H3,(H,16,17). The Hall–Kier alpha value is -1.55. The van der Waals surface area contributed by atoms with Gasteiger partial charge in [0.1, 0.15) is 5.82 Å². The molecule has 0 amide bonds. The molecule has 0 saturated carbocycles. The molecule has 4 heteroatoms. The molecule has 1 N–H and O–H groups in total. The predicted molar refractivity (Wildman–Crippen MR) is 79.9 cm³/mol. The van der Waals surface area contributed by atoms with E-state index in [1.165, 1.54) is 5.69 Å². The Morgan fingerprint density at radius 3 is 2.58 bits per heavy atom. The molecule has 1 aromatic carbocycles. The number of likely N-dealkylation sites (N-methyl/N-ethyl adjacent to an activating group) is 1. The van der Waals surface area contributed by atoms with Gasteiger partial charge in [0.25, 0.3) is 0 Å². The second kappa shape index (κ2) is 4.85. The summed E-state index contributed by atoms with van der Waals surface area (Å²) in [6, 6.07) is 6.56. The largest absolute Gasteiger partial charge is 0.369 e. The van der Waals surface area contributed by atoms with E-state index < -0.39 is 0 Å². The molecule has 2 heterocycles. The molecule has 19 heavy (non-hydrogen) atoms. The topological polar surface area (TPSA) is 35.2 Å². The van der Waals surface area contributed by atoms with Crippen LogP contribution in [0, 0.1) is 0 Å². The lowest BCUT2D eigenvalue weighted by atomic mass is 10.2. The van der Waals surface area contributed by atoms with E-state index >= 15 is 0 Å². The third-order valence-corrected chi connectivity index (χ3v) is 3.90. The van der Waals surface area contributed by atoms with Gasteiger partial charge in [-0.05, 0) is 25.2 Å². The monoisotopic (exact) mass is 258 g/mol. The Kier molecular flexibility index (Phi) is 3.19. The summed E-state index contributed by atoms with van der Waals surface area (Å²) >= 11 is 0. The van der Waals surface area contributed by atoms with Gasteiger partial charge in [-0.15, -0.1) is 0 Å². The second-order valence-electron chi connectivity index (χ2n) is 5.77. The Balaban J connectivity index is 1.88. The van der Waals surface area contributed by atoms with Crippen LogP contribution in [-0.2, 0) is 0 Å². The van der Waals surface area contributed by atoms with Crippen LogP contribution in [0.3, 0.4) is 0 Å². The number of rotatable bonds is 2. The van der Waals surface area contributed by atoms with Gasteiger partial charge >= 0.3 is 0 Å². The molecule has 0 spiro atoms. The smallest absolute Gasteiger partial charge is 0.109 e. The minimum atomic E-state index is 0.444. The number of aromatic amines is 1. The molecular formula is C15H22N4. The van der Waals surface area contributed by atoms with Gasteiger partial charge in [-0.2, -0.15) is 0 Å². The molecule has 1 fully saturated rings. The number of hydrogen-bond acceptors (Lipinski definition) is 3. The van der Waals surface area contributed by atoms with Gasteiger partial charge in [0.05, 0.1) is 11.0 Å². The summed E-state index contributed by atoms with van der Waals surface area (Å²) in [4.78, 5) is 12.9. The van der Waals surface area contributed by atoms with E-state index in [0.29, 0.717) is 5.92 Å². The lowest BCUT2D eigenvalue weighted by molar-refractivity contribution is 0.313. The second-order valence-corrected chi connectivity index (χ2v) is 5.77. The number of aromatic nitrogens is 2. The number of imidazole rings is 1. The summed E-state index contributed by atoms with van der Waals surface area (Å²) in [5, 5.41) is 0. The molecule has 0 atom stereocenters. The van der Waals surface area contributed by atoms with Gasteiger partial charge < -0.3 is 14.8 Å². The highest BCUT2D eigenvalue weighted by molar-refractivity contribution is 5.79. The van der Waals surface area contributed by atoms with Crippen molar-refractivity contribution in [3.8, 4) is 0 Å². The fourth-order valence-electron chi connectivity index (χ4n) is 2.55. The average Bonchev–Trinajstić information content (AvgIpc) is 2.82. The van der Waals surface area contributed by atoms with Gasteiger partial charge in [0, 0.05) is 37.8 Å². The van der Waals surface area contributed by atoms with Crippen LogP contribution in [0.5, 0.6) is 0 Å². The van der Waals surface area contributed by atoms with Crippen LogP contribution < -0.4 is 4.90 Å². The molecule has 102 valence electrons. The van der Waals surface area contributed by atoms with Gasteiger partial charge in [0.2, 0.25) is 0 Å². The minimum Gasteiger partial charge on any atom is -0.369 e. The molecule has 4 nitrogen and oxygen atoms in total. The molecule has 1 aliphatic heterocycles. The lowest BCUT2D eigenvalue weighted by Crippen LogP contribution is -2.44. The van der Waals surface area contributed by atoms with Gasteiger partial charge in [0.15, 0.2) is 0 Å². The number of nitrogens with zero attached hydrogens (tertiary/aromatic N) is 3. The van der Waals surface area contributed by atoms with Crippen molar-refractivity contribution in [3.63, 3.8) is 0 Å². The van der Waals surface area contributed by atoms with Crippen molar-refractivity contribution >= 4 is 16.7 Å². The summed E-state index contributed by atoms with van der Waals surface area (Å²) in [6.07, 6.45) is 0. The zero-order chi connectivity index (χ0) is 13.4. The highest BCUT2D eigenvalue weighted by atomic mass is 15.2. The van der Waals surface area contributed by atoms with Crippen molar-refractivity contribution in [2.24, 2.45) is 0 Å². The van der Waals surface area contributed by atoms with E-state index in [4.69, 9.17) is 0 Å². The highest BCUT2D eigenvalue weighted by Gasteiger charge is 2.15. The Morgan fingerprint density at radius 1 is 1.16 bits per heavy atom. The first kappa shape index (κ1) is 12.5. The molecule has 1 aliphatic rings. The van der Waals surface area contributed by atoms with Crippen LogP contribution in [-0.4, -0.2) is 48.1 Å². The Morgan fingerprint density at radius 2 is 1.89 bits per heavy atom. The van der Waals surface area contributed by atoms with Crippen LogP contribution in [0.25, 0.3) is 11.0 Å². The van der Waals surface area contributed by atoms with Crippen molar-refractivity contribution in [1.82, 2.24) is 14.9 Å². The predicted octanol–water partition coefficient (Wildman–Crippen LogP) is 2.44. The molecule has 1 aromatic heterocycles. The maximum absolute atomic E-state index is 4.63. The number of hydrogen-bond donors (Lipinski definition) is 1. The van der Waals surface area contributed by atoms with Crippen LogP contribution >= 0.6 is 0 Å². The van der Waals surface area contributed by atoms with Crippen LogP contribution in [0.4, 0.5) is 5.69 Å². The summed E-state index contributed by atoms with van der Waals surface area (Å²) in [5.74, 6) is 1.52. The molecule has 0 unspecified atom stereocenters. The molecular weight excluding hydrogens is 236 g/mol. The van der Waals surface area contributed by atoms with E-state index in [9.17, 15) is 0 Å². The van der Waals surface area contributed by atoms with Crippen LogP contribution in [0.1, 0.15) is 25.6 Å². The van der Waals surface area contributed by atoms with Crippen LogP contribution in [0.2, 0.25) is 0 Å². The van der Waals surface area contributed by atoms with Gasteiger partial charge in [-0.3, -0.25) is 0 Å². The average molecular weight is 258 g/mol. The summed E-state index contributed by atoms with van der Waals surface area (Å²) < 4.78 is 0. The first-order chi connectivity index (χ1) is 9.13. The molecule has 1 saturated heterocycles. The molecule has 3 rings (SSSR count). The maximum Gasteiger partial charge on any atom is 0.109 e. The van der Waals surface area contributed by atoms with Gasteiger partial charge in [-0.1, -0.05) is 13.8 Å². The van der Waals surface area contributed by atoms with Crippen molar-refractivity contribution in [2.75, 3.05) is 38.1 Å². The SMILES string of the molecule is CC(C)c1nc2ccc(N3CCN(C)CC3)cc2[nH]1. The summed E-state index contributed by atoms with van der Waals surface area (Å²) in [7, 11) is 2.18. The number of H-pyrrole nitrogens is 1. The zero-order valence-corrected chi connectivity index (χ0v) is 12.0. The lowest BCUT2D eigenvalue weighted by Gasteiger charge is -2.34. The zero-order valence-electron chi connectivity index (χ0n) is 12.0. The van der Waals surface area contributed by atoms with Crippen LogP contribution in [0.15, 0.2) is 18.2 Å².